The molecule has 0 spiro atoms. The number of benzene rings is 1. The fraction of sp³-hybridized carbons (Fsp3) is 0.533. The molecular weight excluding hydrogens is 354 g/mol. The maximum atomic E-state index is 11.7. The monoisotopic (exact) mass is 375 g/mol. The molecule has 0 aliphatic carbocycles. The van der Waals surface area contributed by atoms with Crippen molar-refractivity contribution in [3.8, 4) is 0 Å². The molecule has 112 valence electrons. The Morgan fingerprint density at radius 1 is 1.35 bits per heavy atom. The SMILES string of the molecule is CC(C)(C)SCCNC(=O)CSCc1cccc(Br)c1. The molecule has 0 bridgehead atoms. The van der Waals surface area contributed by atoms with E-state index in [2.05, 4.69) is 54.2 Å². The molecule has 5 heteroatoms. The number of halogens is 1. The molecule has 0 unspecified atom stereocenters. The molecule has 1 amide bonds. The second-order valence-electron chi connectivity index (χ2n) is 5.43. The molecule has 0 atom stereocenters. The Kier molecular flexibility index (Phi) is 8.07. The molecule has 1 N–H and O–H groups in total. The second-order valence-corrected chi connectivity index (χ2v) is 9.26. The molecule has 0 aromatic heterocycles. The minimum atomic E-state index is 0.125. The van der Waals surface area contributed by atoms with Crippen LogP contribution in [-0.4, -0.2) is 28.7 Å². The van der Waals surface area contributed by atoms with Gasteiger partial charge in [0.2, 0.25) is 5.91 Å². The number of carbonyl (C=O) groups is 1. The molecule has 0 saturated heterocycles. The summed E-state index contributed by atoms with van der Waals surface area (Å²) in [6, 6.07) is 8.19. The number of nitrogens with one attached hydrogen (secondary N) is 1. The van der Waals surface area contributed by atoms with Gasteiger partial charge in [0.15, 0.2) is 0 Å². The number of carbonyl (C=O) groups excluding carboxylic acids is 1. The highest BCUT2D eigenvalue weighted by Gasteiger charge is 2.10. The van der Waals surface area contributed by atoms with Crippen molar-refractivity contribution in [1.29, 1.82) is 0 Å². The molecule has 0 saturated carbocycles. The van der Waals surface area contributed by atoms with Crippen molar-refractivity contribution in [2.45, 2.75) is 31.3 Å². The van der Waals surface area contributed by atoms with Crippen molar-refractivity contribution in [2.24, 2.45) is 0 Å². The fourth-order valence-corrected chi connectivity index (χ4v) is 3.55. The van der Waals surface area contributed by atoms with Gasteiger partial charge in [0.05, 0.1) is 5.75 Å². The van der Waals surface area contributed by atoms with E-state index in [-0.39, 0.29) is 10.7 Å². The highest BCUT2D eigenvalue weighted by atomic mass is 79.9. The Morgan fingerprint density at radius 2 is 2.10 bits per heavy atom. The summed E-state index contributed by atoms with van der Waals surface area (Å²) in [5.74, 6) is 2.47. The van der Waals surface area contributed by atoms with Crippen LogP contribution in [0, 0.1) is 0 Å². The first-order valence-corrected chi connectivity index (χ1v) is 9.53. The van der Waals surface area contributed by atoms with E-state index >= 15 is 0 Å². The van der Waals surface area contributed by atoms with Crippen LogP contribution >= 0.6 is 39.5 Å². The van der Waals surface area contributed by atoms with E-state index in [1.165, 1.54) is 5.56 Å². The van der Waals surface area contributed by atoms with Gasteiger partial charge in [-0.2, -0.15) is 11.8 Å². The largest absolute Gasteiger partial charge is 0.355 e. The molecule has 0 radical (unpaired) electrons. The lowest BCUT2D eigenvalue weighted by molar-refractivity contribution is -0.118. The van der Waals surface area contributed by atoms with Crippen LogP contribution in [0.3, 0.4) is 0 Å². The molecule has 2 nitrogen and oxygen atoms in total. The summed E-state index contributed by atoms with van der Waals surface area (Å²) in [5, 5.41) is 2.96. The van der Waals surface area contributed by atoms with Crippen molar-refractivity contribution >= 4 is 45.4 Å². The summed E-state index contributed by atoms with van der Waals surface area (Å²) in [6.45, 7) is 7.31. The Hall–Kier alpha value is -0.130. The molecule has 1 aromatic carbocycles. The average molecular weight is 376 g/mol. The van der Waals surface area contributed by atoms with Crippen LogP contribution in [0.2, 0.25) is 0 Å². The van der Waals surface area contributed by atoms with E-state index in [0.29, 0.717) is 5.75 Å². The van der Waals surface area contributed by atoms with E-state index in [1.807, 2.05) is 23.9 Å². The van der Waals surface area contributed by atoms with Crippen LogP contribution in [0.15, 0.2) is 28.7 Å². The van der Waals surface area contributed by atoms with Gasteiger partial charge in [-0.3, -0.25) is 4.79 Å². The van der Waals surface area contributed by atoms with Crippen molar-refractivity contribution in [3.05, 3.63) is 34.3 Å². The third-order valence-corrected chi connectivity index (χ3v) is 5.12. The standard InChI is InChI=1S/C15H22BrNOS2/c1-15(2,3)20-8-7-17-14(18)11-19-10-12-5-4-6-13(16)9-12/h4-6,9H,7-8,10-11H2,1-3H3,(H,17,18). The van der Waals surface area contributed by atoms with Gasteiger partial charge in [-0.15, -0.1) is 11.8 Å². The van der Waals surface area contributed by atoms with Gasteiger partial charge < -0.3 is 5.32 Å². The van der Waals surface area contributed by atoms with Gasteiger partial charge >= 0.3 is 0 Å². The van der Waals surface area contributed by atoms with E-state index in [4.69, 9.17) is 0 Å². The molecule has 0 aliphatic rings. The van der Waals surface area contributed by atoms with E-state index < -0.39 is 0 Å². The summed E-state index contributed by atoms with van der Waals surface area (Å²) < 4.78 is 1.35. The fourth-order valence-electron chi connectivity index (χ4n) is 1.49. The lowest BCUT2D eigenvalue weighted by Crippen LogP contribution is -2.28. The number of rotatable bonds is 7. The van der Waals surface area contributed by atoms with Crippen molar-refractivity contribution in [3.63, 3.8) is 0 Å². The first-order chi connectivity index (χ1) is 9.37. The Morgan fingerprint density at radius 3 is 2.75 bits per heavy atom. The number of hydrogen-bond acceptors (Lipinski definition) is 3. The molecule has 20 heavy (non-hydrogen) atoms. The van der Waals surface area contributed by atoms with Crippen molar-refractivity contribution < 1.29 is 4.79 Å². The molecule has 1 rings (SSSR count). The molecule has 0 aliphatic heterocycles. The van der Waals surface area contributed by atoms with Crippen LogP contribution < -0.4 is 5.32 Å². The lowest BCUT2D eigenvalue weighted by atomic mass is 10.2. The maximum absolute atomic E-state index is 11.7. The highest BCUT2D eigenvalue weighted by molar-refractivity contribution is 9.10. The molecule has 1 aromatic rings. The van der Waals surface area contributed by atoms with Gasteiger partial charge in [0, 0.05) is 27.3 Å². The lowest BCUT2D eigenvalue weighted by Gasteiger charge is -2.17. The van der Waals surface area contributed by atoms with E-state index in [1.54, 1.807) is 11.8 Å². The number of thioether (sulfide) groups is 2. The van der Waals surface area contributed by atoms with Crippen molar-refractivity contribution in [1.82, 2.24) is 5.32 Å². The summed E-state index contributed by atoms with van der Waals surface area (Å²) in [6.07, 6.45) is 0. The van der Waals surface area contributed by atoms with Crippen LogP contribution in [0.4, 0.5) is 0 Å². The smallest absolute Gasteiger partial charge is 0.230 e. The Labute approximate surface area is 139 Å². The summed E-state index contributed by atoms with van der Waals surface area (Å²) in [4.78, 5) is 11.7. The topological polar surface area (TPSA) is 29.1 Å². The third kappa shape index (κ3) is 8.93. The zero-order valence-electron chi connectivity index (χ0n) is 12.2. The van der Waals surface area contributed by atoms with Gasteiger partial charge in [0.25, 0.3) is 0 Å². The van der Waals surface area contributed by atoms with E-state index in [9.17, 15) is 4.79 Å². The first-order valence-electron chi connectivity index (χ1n) is 6.60. The van der Waals surface area contributed by atoms with Crippen LogP contribution in [0.25, 0.3) is 0 Å². The van der Waals surface area contributed by atoms with Crippen LogP contribution in [0.1, 0.15) is 26.3 Å². The van der Waals surface area contributed by atoms with Gasteiger partial charge in [-0.25, -0.2) is 0 Å². The molecular formula is C15H22BrNOS2. The van der Waals surface area contributed by atoms with Crippen molar-refractivity contribution in [2.75, 3.05) is 18.1 Å². The highest BCUT2D eigenvalue weighted by Crippen LogP contribution is 2.22. The third-order valence-electron chi connectivity index (χ3n) is 2.35. The van der Waals surface area contributed by atoms with Crippen LogP contribution in [0.5, 0.6) is 0 Å². The predicted molar refractivity (Wildman–Crippen MR) is 95.5 cm³/mol. The summed E-state index contributed by atoms with van der Waals surface area (Å²) >= 11 is 6.97. The minimum Gasteiger partial charge on any atom is -0.355 e. The zero-order valence-corrected chi connectivity index (χ0v) is 15.5. The zero-order chi connectivity index (χ0) is 15.0. The van der Waals surface area contributed by atoms with Gasteiger partial charge in [0.1, 0.15) is 0 Å². The molecule has 0 heterocycles. The summed E-state index contributed by atoms with van der Waals surface area (Å²) in [7, 11) is 0. The average Bonchev–Trinajstić information content (AvgIpc) is 2.34. The molecule has 0 fully saturated rings. The quantitative estimate of drug-likeness (QED) is 0.719. The van der Waals surface area contributed by atoms with Crippen LogP contribution in [-0.2, 0) is 10.5 Å². The first kappa shape index (κ1) is 17.9. The summed E-state index contributed by atoms with van der Waals surface area (Å²) in [5.41, 5.74) is 1.24. The van der Waals surface area contributed by atoms with Gasteiger partial charge in [-0.1, -0.05) is 48.8 Å². The van der Waals surface area contributed by atoms with Gasteiger partial charge in [-0.05, 0) is 17.7 Å². The Balaban J connectivity index is 2.11. The van der Waals surface area contributed by atoms with E-state index in [0.717, 1.165) is 22.5 Å². The predicted octanol–water partition coefficient (Wildman–Crippen LogP) is 4.33. The minimum absolute atomic E-state index is 0.125. The maximum Gasteiger partial charge on any atom is 0.230 e. The number of amides is 1. The Bertz CT molecular complexity index is 432. The number of hydrogen-bond donors (Lipinski definition) is 1. The normalized spacial score (nSPS) is 11.4. The second kappa shape index (κ2) is 9.00.